The second-order valence-electron chi connectivity index (χ2n) is 3.86. The molecular weight excluding hydrogens is 236 g/mol. The number of rotatable bonds is 7. The zero-order chi connectivity index (χ0) is 13.1. The van der Waals surface area contributed by atoms with Crippen LogP contribution < -0.4 is 16.0 Å². The van der Waals surface area contributed by atoms with Gasteiger partial charge in [0.05, 0.1) is 0 Å². The largest absolute Gasteiger partial charge is 0.356 e. The van der Waals surface area contributed by atoms with Gasteiger partial charge in [0.1, 0.15) is 0 Å². The Morgan fingerprint density at radius 1 is 1.18 bits per heavy atom. The summed E-state index contributed by atoms with van der Waals surface area (Å²) in [6.45, 7) is 5.94. The molecule has 0 aromatic heterocycles. The zero-order valence-corrected chi connectivity index (χ0v) is 12.0. The maximum Gasteiger partial charge on any atom is 0.222 e. The number of thioether (sulfide) groups is 1. The standard InChI is InChI=1S/C11H24N4OS/c1-9(2)10(16)13-5-6-14-11(12-3)15-7-8-17-4/h9H,5-8H2,1-4H3,(H,13,16)(H2,12,14,15). The van der Waals surface area contributed by atoms with Crippen LogP contribution in [0.3, 0.4) is 0 Å². The fourth-order valence-corrected chi connectivity index (χ4v) is 1.37. The first-order valence-electron chi connectivity index (χ1n) is 5.83. The van der Waals surface area contributed by atoms with Gasteiger partial charge in [0.2, 0.25) is 5.91 Å². The molecule has 6 heteroatoms. The van der Waals surface area contributed by atoms with Crippen LogP contribution in [0.15, 0.2) is 4.99 Å². The quantitative estimate of drug-likeness (QED) is 0.350. The van der Waals surface area contributed by atoms with Gasteiger partial charge in [-0.05, 0) is 6.26 Å². The molecule has 0 atom stereocenters. The van der Waals surface area contributed by atoms with E-state index in [2.05, 4.69) is 27.2 Å². The molecule has 0 aliphatic rings. The fraction of sp³-hybridized carbons (Fsp3) is 0.818. The number of aliphatic imine (C=N–C) groups is 1. The van der Waals surface area contributed by atoms with Crippen molar-refractivity contribution in [1.29, 1.82) is 0 Å². The smallest absolute Gasteiger partial charge is 0.222 e. The third kappa shape index (κ3) is 8.85. The van der Waals surface area contributed by atoms with Crippen molar-refractivity contribution in [2.24, 2.45) is 10.9 Å². The molecule has 0 heterocycles. The number of amides is 1. The van der Waals surface area contributed by atoms with E-state index < -0.39 is 0 Å². The molecule has 0 aliphatic carbocycles. The second-order valence-corrected chi connectivity index (χ2v) is 4.85. The van der Waals surface area contributed by atoms with Gasteiger partial charge in [-0.15, -0.1) is 0 Å². The van der Waals surface area contributed by atoms with E-state index in [4.69, 9.17) is 0 Å². The highest BCUT2D eigenvalue weighted by atomic mass is 32.2. The van der Waals surface area contributed by atoms with Crippen LogP contribution in [-0.4, -0.2) is 50.6 Å². The Kier molecular flexibility index (Phi) is 9.71. The van der Waals surface area contributed by atoms with Gasteiger partial charge in [0.15, 0.2) is 5.96 Å². The SMILES string of the molecule is CN=C(NCCNC(=O)C(C)C)NCCSC. The van der Waals surface area contributed by atoms with Crippen molar-refractivity contribution < 1.29 is 4.79 Å². The Morgan fingerprint density at radius 2 is 1.76 bits per heavy atom. The van der Waals surface area contributed by atoms with Gasteiger partial charge in [-0.2, -0.15) is 11.8 Å². The lowest BCUT2D eigenvalue weighted by molar-refractivity contribution is -0.123. The topological polar surface area (TPSA) is 65.5 Å². The summed E-state index contributed by atoms with van der Waals surface area (Å²) in [7, 11) is 1.74. The molecule has 100 valence electrons. The predicted octanol–water partition coefficient (Wildman–Crippen LogP) is 0.287. The van der Waals surface area contributed by atoms with Crippen molar-refractivity contribution in [3.8, 4) is 0 Å². The first-order valence-corrected chi connectivity index (χ1v) is 7.22. The van der Waals surface area contributed by atoms with Crippen LogP contribution in [0.25, 0.3) is 0 Å². The van der Waals surface area contributed by atoms with Gasteiger partial charge in [0.25, 0.3) is 0 Å². The predicted molar refractivity (Wildman–Crippen MR) is 75.6 cm³/mol. The summed E-state index contributed by atoms with van der Waals surface area (Å²) in [5, 5.41) is 9.16. The van der Waals surface area contributed by atoms with E-state index in [1.165, 1.54) is 0 Å². The first kappa shape index (κ1) is 16.1. The zero-order valence-electron chi connectivity index (χ0n) is 11.2. The van der Waals surface area contributed by atoms with Gasteiger partial charge in [-0.25, -0.2) is 0 Å². The molecule has 5 nitrogen and oxygen atoms in total. The average molecular weight is 260 g/mol. The van der Waals surface area contributed by atoms with E-state index in [1.807, 2.05) is 13.8 Å². The normalized spacial score (nSPS) is 11.5. The minimum atomic E-state index is 0.0361. The van der Waals surface area contributed by atoms with Crippen LogP contribution in [0.2, 0.25) is 0 Å². The van der Waals surface area contributed by atoms with Crippen LogP contribution >= 0.6 is 11.8 Å². The average Bonchev–Trinajstić information content (AvgIpc) is 2.31. The number of hydrogen-bond acceptors (Lipinski definition) is 3. The summed E-state index contributed by atoms with van der Waals surface area (Å²) in [5.74, 6) is 1.94. The molecule has 1 amide bonds. The Balaban J connectivity index is 3.60. The monoisotopic (exact) mass is 260 g/mol. The molecule has 0 bridgehead atoms. The van der Waals surface area contributed by atoms with Crippen LogP contribution in [-0.2, 0) is 4.79 Å². The summed E-state index contributed by atoms with van der Waals surface area (Å²) in [4.78, 5) is 15.4. The van der Waals surface area contributed by atoms with Crippen molar-refractivity contribution >= 4 is 23.6 Å². The summed E-state index contributed by atoms with van der Waals surface area (Å²) >= 11 is 1.79. The second kappa shape index (κ2) is 10.3. The molecule has 0 radical (unpaired) electrons. The van der Waals surface area contributed by atoms with Crippen LogP contribution in [0.5, 0.6) is 0 Å². The highest BCUT2D eigenvalue weighted by molar-refractivity contribution is 7.98. The molecule has 0 aliphatic heterocycles. The van der Waals surface area contributed by atoms with Gasteiger partial charge in [-0.3, -0.25) is 9.79 Å². The number of carbonyl (C=O) groups is 1. The maximum atomic E-state index is 11.3. The lowest BCUT2D eigenvalue weighted by atomic mass is 10.2. The number of hydrogen-bond donors (Lipinski definition) is 3. The molecule has 0 saturated carbocycles. The Bertz CT molecular complexity index is 244. The summed E-state index contributed by atoms with van der Waals surface area (Å²) in [6.07, 6.45) is 2.07. The van der Waals surface area contributed by atoms with E-state index in [1.54, 1.807) is 18.8 Å². The molecule has 17 heavy (non-hydrogen) atoms. The van der Waals surface area contributed by atoms with E-state index >= 15 is 0 Å². The molecule has 0 rings (SSSR count). The molecule has 0 saturated heterocycles. The molecule has 0 spiro atoms. The summed E-state index contributed by atoms with van der Waals surface area (Å²) in [5.41, 5.74) is 0. The van der Waals surface area contributed by atoms with Gasteiger partial charge in [0, 0.05) is 38.4 Å². The van der Waals surface area contributed by atoms with E-state index in [-0.39, 0.29) is 11.8 Å². The van der Waals surface area contributed by atoms with Gasteiger partial charge < -0.3 is 16.0 Å². The van der Waals surface area contributed by atoms with Crippen molar-refractivity contribution in [2.75, 3.05) is 38.7 Å². The first-order chi connectivity index (χ1) is 8.11. The number of guanidine groups is 1. The number of nitrogens with zero attached hydrogens (tertiary/aromatic N) is 1. The van der Waals surface area contributed by atoms with Crippen molar-refractivity contribution in [2.45, 2.75) is 13.8 Å². The number of carbonyl (C=O) groups excluding carboxylic acids is 1. The van der Waals surface area contributed by atoms with Crippen LogP contribution in [0, 0.1) is 5.92 Å². The molecular formula is C11H24N4OS. The van der Waals surface area contributed by atoms with Crippen molar-refractivity contribution in [3.05, 3.63) is 0 Å². The minimum absolute atomic E-state index is 0.0361. The van der Waals surface area contributed by atoms with Crippen LogP contribution in [0.4, 0.5) is 0 Å². The van der Waals surface area contributed by atoms with Crippen molar-refractivity contribution in [3.63, 3.8) is 0 Å². The summed E-state index contributed by atoms with van der Waals surface area (Å²) < 4.78 is 0. The molecule has 0 fully saturated rings. The van der Waals surface area contributed by atoms with E-state index in [0.29, 0.717) is 13.1 Å². The number of nitrogens with one attached hydrogen (secondary N) is 3. The minimum Gasteiger partial charge on any atom is -0.356 e. The lowest BCUT2D eigenvalue weighted by Gasteiger charge is -2.12. The Morgan fingerprint density at radius 3 is 2.29 bits per heavy atom. The maximum absolute atomic E-state index is 11.3. The van der Waals surface area contributed by atoms with Crippen LogP contribution in [0.1, 0.15) is 13.8 Å². The van der Waals surface area contributed by atoms with Gasteiger partial charge >= 0.3 is 0 Å². The molecule has 3 N–H and O–H groups in total. The summed E-state index contributed by atoms with van der Waals surface area (Å²) in [6, 6.07) is 0. The highest BCUT2D eigenvalue weighted by Gasteiger charge is 2.04. The Labute approximate surface area is 108 Å². The highest BCUT2D eigenvalue weighted by Crippen LogP contribution is 1.89. The van der Waals surface area contributed by atoms with Gasteiger partial charge in [-0.1, -0.05) is 13.8 Å². The fourth-order valence-electron chi connectivity index (χ4n) is 1.06. The van der Waals surface area contributed by atoms with Crippen molar-refractivity contribution in [1.82, 2.24) is 16.0 Å². The lowest BCUT2D eigenvalue weighted by Crippen LogP contribution is -2.42. The molecule has 0 aromatic rings. The van der Waals surface area contributed by atoms with E-state index in [9.17, 15) is 4.79 Å². The third-order valence-electron chi connectivity index (χ3n) is 2.06. The third-order valence-corrected chi connectivity index (χ3v) is 2.68. The molecule has 0 aromatic carbocycles. The molecule has 0 unspecified atom stereocenters. The Hall–Kier alpha value is -0.910. The van der Waals surface area contributed by atoms with E-state index in [0.717, 1.165) is 18.3 Å².